The zero-order valence-electron chi connectivity index (χ0n) is 15.5. The highest BCUT2D eigenvalue weighted by Crippen LogP contribution is 2.23. The summed E-state index contributed by atoms with van der Waals surface area (Å²) in [6.07, 6.45) is 3.95. The van der Waals surface area contributed by atoms with E-state index in [-0.39, 0.29) is 11.2 Å². The Kier molecular flexibility index (Phi) is 7.15. The van der Waals surface area contributed by atoms with Crippen LogP contribution in [-0.2, 0) is 17.9 Å². The third-order valence-corrected chi connectivity index (χ3v) is 5.95. The van der Waals surface area contributed by atoms with E-state index in [4.69, 9.17) is 0 Å². The van der Waals surface area contributed by atoms with E-state index in [0.29, 0.717) is 6.54 Å². The zero-order chi connectivity index (χ0) is 18.2. The third kappa shape index (κ3) is 5.61. The maximum absolute atomic E-state index is 12.5. The summed E-state index contributed by atoms with van der Waals surface area (Å²) in [7, 11) is 0. The number of nitrogens with one attached hydrogen (secondary N) is 1. The van der Waals surface area contributed by atoms with Crippen molar-refractivity contribution in [3.63, 3.8) is 0 Å². The molecule has 1 atom stereocenters. The van der Waals surface area contributed by atoms with Gasteiger partial charge in [-0.05, 0) is 56.1 Å². The lowest BCUT2D eigenvalue weighted by atomic mass is 10.0. The van der Waals surface area contributed by atoms with E-state index >= 15 is 0 Å². The van der Waals surface area contributed by atoms with Crippen molar-refractivity contribution in [3.8, 4) is 0 Å². The Morgan fingerprint density at radius 3 is 2.38 bits per heavy atom. The molecule has 26 heavy (non-hydrogen) atoms. The van der Waals surface area contributed by atoms with Crippen LogP contribution in [0.2, 0.25) is 0 Å². The van der Waals surface area contributed by atoms with Crippen LogP contribution in [0, 0.1) is 0 Å². The van der Waals surface area contributed by atoms with Gasteiger partial charge < -0.3 is 5.32 Å². The molecular formula is C22H28N2OS. The highest BCUT2D eigenvalue weighted by Gasteiger charge is 2.16. The number of likely N-dealkylation sites (tertiary alicyclic amines) is 1. The van der Waals surface area contributed by atoms with Gasteiger partial charge in [-0.2, -0.15) is 0 Å². The quantitative estimate of drug-likeness (QED) is 0.732. The minimum atomic E-state index is -0.105. The third-order valence-electron chi connectivity index (χ3n) is 4.84. The molecule has 1 N–H and O–H groups in total. The second-order valence-electron chi connectivity index (χ2n) is 6.90. The lowest BCUT2D eigenvalue weighted by molar-refractivity contribution is -0.120. The van der Waals surface area contributed by atoms with Crippen molar-refractivity contribution < 1.29 is 4.79 Å². The number of carbonyl (C=O) groups excluding carboxylic acids is 1. The summed E-state index contributed by atoms with van der Waals surface area (Å²) >= 11 is 1.60. The summed E-state index contributed by atoms with van der Waals surface area (Å²) in [5, 5.41) is 3.01. The molecule has 0 spiro atoms. The van der Waals surface area contributed by atoms with E-state index in [9.17, 15) is 4.79 Å². The van der Waals surface area contributed by atoms with Crippen LogP contribution in [0.25, 0.3) is 0 Å². The van der Waals surface area contributed by atoms with Crippen molar-refractivity contribution in [2.75, 3.05) is 13.1 Å². The molecule has 4 heteroatoms. The zero-order valence-corrected chi connectivity index (χ0v) is 16.3. The van der Waals surface area contributed by atoms with Crippen molar-refractivity contribution in [3.05, 3.63) is 65.7 Å². The monoisotopic (exact) mass is 368 g/mol. The number of benzene rings is 2. The Morgan fingerprint density at radius 1 is 1.00 bits per heavy atom. The maximum atomic E-state index is 12.5. The van der Waals surface area contributed by atoms with E-state index < -0.39 is 0 Å². The molecule has 0 radical (unpaired) electrons. The lowest BCUT2D eigenvalue weighted by Crippen LogP contribution is -2.32. The summed E-state index contributed by atoms with van der Waals surface area (Å²) in [6.45, 7) is 5.92. The Bertz CT molecular complexity index is 698. The molecule has 0 aromatic heterocycles. The summed E-state index contributed by atoms with van der Waals surface area (Å²) in [5.41, 5.74) is 2.56. The van der Waals surface area contributed by atoms with Gasteiger partial charge in [-0.25, -0.2) is 0 Å². The topological polar surface area (TPSA) is 32.3 Å². The van der Waals surface area contributed by atoms with E-state index in [2.05, 4.69) is 34.5 Å². The highest BCUT2D eigenvalue weighted by molar-refractivity contribution is 8.00. The van der Waals surface area contributed by atoms with E-state index in [0.717, 1.165) is 11.4 Å². The van der Waals surface area contributed by atoms with Crippen LogP contribution in [0.4, 0.5) is 0 Å². The summed E-state index contributed by atoms with van der Waals surface area (Å²) < 4.78 is 0. The summed E-state index contributed by atoms with van der Waals surface area (Å²) in [6, 6.07) is 18.6. The van der Waals surface area contributed by atoms with Gasteiger partial charge in [0.1, 0.15) is 0 Å². The predicted octanol–water partition coefficient (Wildman–Crippen LogP) is 4.47. The van der Waals surface area contributed by atoms with Crippen molar-refractivity contribution in [1.29, 1.82) is 0 Å². The van der Waals surface area contributed by atoms with Crippen LogP contribution < -0.4 is 5.32 Å². The van der Waals surface area contributed by atoms with Crippen LogP contribution in [0.15, 0.2) is 59.5 Å². The van der Waals surface area contributed by atoms with Gasteiger partial charge in [0.15, 0.2) is 0 Å². The summed E-state index contributed by atoms with van der Waals surface area (Å²) in [5.74, 6) is 0.0895. The number of rotatable bonds is 7. The molecule has 1 fully saturated rings. The number of hydrogen-bond acceptors (Lipinski definition) is 3. The molecule has 2 aromatic carbocycles. The van der Waals surface area contributed by atoms with Gasteiger partial charge in [0, 0.05) is 18.0 Å². The number of nitrogens with zero attached hydrogens (tertiary/aromatic N) is 1. The van der Waals surface area contributed by atoms with Crippen LogP contribution >= 0.6 is 11.8 Å². The van der Waals surface area contributed by atoms with Gasteiger partial charge in [-0.3, -0.25) is 9.69 Å². The second kappa shape index (κ2) is 9.79. The number of hydrogen-bond donors (Lipinski definition) is 1. The Hall–Kier alpha value is -1.78. The molecule has 0 saturated carbocycles. The van der Waals surface area contributed by atoms with Gasteiger partial charge >= 0.3 is 0 Å². The number of amides is 1. The number of piperidine rings is 1. The molecule has 3 nitrogen and oxygen atoms in total. The molecule has 1 heterocycles. The fraction of sp³-hybridized carbons (Fsp3) is 0.409. The molecule has 138 valence electrons. The van der Waals surface area contributed by atoms with Gasteiger partial charge in [0.2, 0.25) is 5.91 Å². The largest absolute Gasteiger partial charge is 0.351 e. The average Bonchev–Trinajstić information content (AvgIpc) is 2.68. The molecule has 1 amide bonds. The molecule has 0 aliphatic carbocycles. The van der Waals surface area contributed by atoms with Crippen molar-refractivity contribution in [2.24, 2.45) is 0 Å². The molecule has 2 aromatic rings. The first kappa shape index (κ1) is 19.0. The SMILES string of the molecule is C[C@H](Sc1ccccc1)C(=O)NCc1ccccc1CN1CCCCC1. The number of carbonyl (C=O) groups is 1. The second-order valence-corrected chi connectivity index (χ2v) is 8.31. The average molecular weight is 369 g/mol. The van der Waals surface area contributed by atoms with Crippen molar-refractivity contribution >= 4 is 17.7 Å². The minimum Gasteiger partial charge on any atom is -0.351 e. The summed E-state index contributed by atoms with van der Waals surface area (Å²) in [4.78, 5) is 16.1. The van der Waals surface area contributed by atoms with Crippen LogP contribution in [-0.4, -0.2) is 29.1 Å². The van der Waals surface area contributed by atoms with Gasteiger partial charge in [-0.15, -0.1) is 11.8 Å². The Morgan fingerprint density at radius 2 is 1.65 bits per heavy atom. The van der Waals surface area contributed by atoms with Crippen molar-refractivity contribution in [2.45, 2.75) is 49.4 Å². The highest BCUT2D eigenvalue weighted by atomic mass is 32.2. The normalized spacial score (nSPS) is 16.2. The van der Waals surface area contributed by atoms with Gasteiger partial charge in [-0.1, -0.05) is 48.9 Å². The van der Waals surface area contributed by atoms with E-state index in [1.54, 1.807) is 11.8 Å². The molecule has 3 rings (SSSR count). The Labute approximate surface area is 161 Å². The Balaban J connectivity index is 1.54. The predicted molar refractivity (Wildman–Crippen MR) is 109 cm³/mol. The molecule has 0 unspecified atom stereocenters. The first-order valence-electron chi connectivity index (χ1n) is 9.51. The fourth-order valence-electron chi connectivity index (χ4n) is 3.33. The molecule has 0 bridgehead atoms. The fourth-order valence-corrected chi connectivity index (χ4v) is 4.24. The van der Waals surface area contributed by atoms with E-state index in [1.807, 2.05) is 37.3 Å². The molecular weight excluding hydrogens is 340 g/mol. The first-order chi connectivity index (χ1) is 12.7. The van der Waals surface area contributed by atoms with E-state index in [1.165, 1.54) is 43.5 Å². The molecule has 1 aliphatic heterocycles. The van der Waals surface area contributed by atoms with Gasteiger partial charge in [0.25, 0.3) is 0 Å². The van der Waals surface area contributed by atoms with Crippen molar-refractivity contribution in [1.82, 2.24) is 10.2 Å². The lowest BCUT2D eigenvalue weighted by Gasteiger charge is -2.27. The van der Waals surface area contributed by atoms with Crippen LogP contribution in [0.3, 0.4) is 0 Å². The minimum absolute atomic E-state index is 0.0895. The smallest absolute Gasteiger partial charge is 0.233 e. The van der Waals surface area contributed by atoms with Gasteiger partial charge in [0.05, 0.1) is 5.25 Å². The number of thioether (sulfide) groups is 1. The van der Waals surface area contributed by atoms with Crippen LogP contribution in [0.5, 0.6) is 0 Å². The van der Waals surface area contributed by atoms with Crippen LogP contribution in [0.1, 0.15) is 37.3 Å². The first-order valence-corrected chi connectivity index (χ1v) is 10.4. The standard InChI is InChI=1S/C22H28N2OS/c1-18(26-21-12-4-2-5-13-21)22(25)23-16-19-10-6-7-11-20(19)17-24-14-8-3-9-15-24/h2,4-7,10-13,18H,3,8-9,14-17H2,1H3,(H,23,25)/t18-/m0/s1. The molecule has 1 saturated heterocycles. The maximum Gasteiger partial charge on any atom is 0.233 e. The molecule has 1 aliphatic rings.